The maximum Gasteiger partial charge on any atom is 0.364 e. The van der Waals surface area contributed by atoms with Crippen molar-refractivity contribution >= 4 is 40.2 Å². The highest BCUT2D eigenvalue weighted by Crippen LogP contribution is 2.29. The Morgan fingerprint density at radius 3 is 2.47 bits per heavy atom. The number of hydrogen-bond acceptors (Lipinski definition) is 7. The molecule has 0 spiro atoms. The first-order valence-electron chi connectivity index (χ1n) is 9.19. The number of fused-ring (bicyclic) bond motifs is 2. The van der Waals surface area contributed by atoms with Crippen LogP contribution in [0.2, 0.25) is 0 Å². The number of carbonyl (C=O) groups excluding carboxylic acids is 3. The zero-order chi connectivity index (χ0) is 20.8. The first kappa shape index (κ1) is 18.2. The van der Waals surface area contributed by atoms with Crippen molar-refractivity contribution in [2.24, 2.45) is 0 Å². The van der Waals surface area contributed by atoms with E-state index in [0.29, 0.717) is 28.3 Å². The summed E-state index contributed by atoms with van der Waals surface area (Å²) in [6.07, 6.45) is 1.53. The van der Waals surface area contributed by atoms with Crippen molar-refractivity contribution in [3.63, 3.8) is 0 Å². The molecule has 148 valence electrons. The monoisotopic (exact) mass is 418 g/mol. The molecule has 5 rings (SSSR count). The summed E-state index contributed by atoms with van der Waals surface area (Å²) >= 11 is 1.48. The van der Waals surface area contributed by atoms with E-state index in [0.717, 1.165) is 4.88 Å². The van der Waals surface area contributed by atoms with Gasteiger partial charge in [-0.1, -0.05) is 23.3 Å². The molecule has 1 aromatic carbocycles. The summed E-state index contributed by atoms with van der Waals surface area (Å²) in [6.45, 7) is 2.49. The van der Waals surface area contributed by atoms with Crippen molar-refractivity contribution in [2.45, 2.75) is 13.5 Å². The Morgan fingerprint density at radius 2 is 1.83 bits per heavy atom. The summed E-state index contributed by atoms with van der Waals surface area (Å²) in [5.74, 6) is -2.17. The van der Waals surface area contributed by atoms with Crippen molar-refractivity contribution in [1.82, 2.24) is 19.8 Å². The molecule has 1 aliphatic rings. The van der Waals surface area contributed by atoms with E-state index in [1.54, 1.807) is 22.9 Å². The third-order valence-electron chi connectivity index (χ3n) is 4.83. The molecule has 4 heterocycles. The minimum absolute atomic E-state index is 0.180. The van der Waals surface area contributed by atoms with E-state index in [2.05, 4.69) is 10.1 Å². The zero-order valence-corrected chi connectivity index (χ0v) is 16.5. The van der Waals surface area contributed by atoms with E-state index in [1.165, 1.54) is 29.7 Å². The molecule has 8 nitrogen and oxygen atoms in total. The smallest absolute Gasteiger partial charge is 0.324 e. The standard InChI is InChI=1S/C21H14N4O4S/c1-2-24-18-15(11-22-24)14(10-16(23-18)17-8-5-9-30-17)21(28)29-25-19(26)12-6-3-4-7-13(12)20(25)27/h3-11H,2H2,1H3. The van der Waals surface area contributed by atoms with Crippen LogP contribution in [0.15, 0.2) is 54.0 Å². The fraction of sp³-hybridized carbons (Fsp3) is 0.0952. The lowest BCUT2D eigenvalue weighted by atomic mass is 10.1. The number of hydroxylamine groups is 2. The molecule has 0 N–H and O–H groups in total. The number of aromatic nitrogens is 3. The number of nitrogens with zero attached hydrogens (tertiary/aromatic N) is 4. The molecule has 0 bridgehead atoms. The molecule has 4 aromatic rings. The normalized spacial score (nSPS) is 13.2. The largest absolute Gasteiger partial charge is 0.364 e. The maximum absolute atomic E-state index is 13.0. The molecule has 0 fully saturated rings. The highest BCUT2D eigenvalue weighted by molar-refractivity contribution is 7.13. The lowest BCUT2D eigenvalue weighted by molar-refractivity contribution is -0.0583. The first-order chi connectivity index (χ1) is 14.6. The van der Waals surface area contributed by atoms with Crippen molar-refractivity contribution in [2.75, 3.05) is 0 Å². The Kier molecular flexibility index (Phi) is 4.18. The number of imide groups is 1. The number of thiophene rings is 1. The molecule has 0 aliphatic carbocycles. The highest BCUT2D eigenvalue weighted by Gasteiger charge is 2.39. The third kappa shape index (κ3) is 2.71. The minimum Gasteiger partial charge on any atom is -0.324 e. The molecule has 3 aromatic heterocycles. The van der Waals surface area contributed by atoms with Gasteiger partial charge in [-0.05, 0) is 36.6 Å². The van der Waals surface area contributed by atoms with Crippen LogP contribution in [0.3, 0.4) is 0 Å². The summed E-state index contributed by atoms with van der Waals surface area (Å²) in [6, 6.07) is 11.7. The summed E-state index contributed by atoms with van der Waals surface area (Å²) < 4.78 is 1.67. The Bertz CT molecular complexity index is 1290. The Morgan fingerprint density at radius 1 is 1.10 bits per heavy atom. The summed E-state index contributed by atoms with van der Waals surface area (Å²) in [5, 5.41) is 7.18. The van der Waals surface area contributed by atoms with Crippen LogP contribution in [-0.2, 0) is 11.4 Å². The first-order valence-corrected chi connectivity index (χ1v) is 10.1. The number of pyridine rings is 1. The van der Waals surface area contributed by atoms with Crippen LogP contribution < -0.4 is 0 Å². The number of rotatable bonds is 4. The van der Waals surface area contributed by atoms with Crippen molar-refractivity contribution in [3.05, 3.63) is 70.7 Å². The molecular formula is C21H14N4O4S. The number of benzene rings is 1. The van der Waals surface area contributed by atoms with Crippen LogP contribution in [0.1, 0.15) is 38.0 Å². The molecule has 1 aliphatic heterocycles. The number of hydrogen-bond donors (Lipinski definition) is 0. The van der Waals surface area contributed by atoms with E-state index in [9.17, 15) is 14.4 Å². The molecule has 2 amide bonds. The molecule has 0 saturated heterocycles. The third-order valence-corrected chi connectivity index (χ3v) is 5.73. The molecule has 9 heteroatoms. The predicted octanol–water partition coefficient (Wildman–Crippen LogP) is 3.55. The van der Waals surface area contributed by atoms with Gasteiger partial charge in [-0.2, -0.15) is 5.10 Å². The fourth-order valence-electron chi connectivity index (χ4n) is 3.38. The second kappa shape index (κ2) is 6.89. The predicted molar refractivity (Wildman–Crippen MR) is 109 cm³/mol. The van der Waals surface area contributed by atoms with Crippen LogP contribution in [0, 0.1) is 0 Å². The fourth-order valence-corrected chi connectivity index (χ4v) is 4.07. The molecule has 0 saturated carbocycles. The molecule has 0 unspecified atom stereocenters. The van der Waals surface area contributed by atoms with Gasteiger partial charge in [0.15, 0.2) is 5.65 Å². The number of carbonyl (C=O) groups is 3. The van der Waals surface area contributed by atoms with Gasteiger partial charge in [0.25, 0.3) is 11.8 Å². The second-order valence-electron chi connectivity index (χ2n) is 6.56. The van der Waals surface area contributed by atoms with Gasteiger partial charge >= 0.3 is 5.97 Å². The topological polar surface area (TPSA) is 94.4 Å². The van der Waals surface area contributed by atoms with E-state index in [1.807, 2.05) is 24.4 Å². The molecular weight excluding hydrogens is 404 g/mol. The van der Waals surface area contributed by atoms with Gasteiger partial charge in [-0.3, -0.25) is 9.59 Å². The van der Waals surface area contributed by atoms with Gasteiger partial charge in [0.2, 0.25) is 0 Å². The maximum atomic E-state index is 13.0. The molecule has 0 atom stereocenters. The van der Waals surface area contributed by atoms with Gasteiger partial charge in [-0.15, -0.1) is 11.3 Å². The summed E-state index contributed by atoms with van der Waals surface area (Å²) in [5.41, 5.74) is 1.70. The second-order valence-corrected chi connectivity index (χ2v) is 7.51. The summed E-state index contributed by atoms with van der Waals surface area (Å²) in [4.78, 5) is 48.9. The van der Waals surface area contributed by atoms with Crippen molar-refractivity contribution in [3.8, 4) is 10.6 Å². The molecule has 0 radical (unpaired) electrons. The van der Waals surface area contributed by atoms with Gasteiger partial charge in [0, 0.05) is 6.54 Å². The van der Waals surface area contributed by atoms with Crippen LogP contribution in [0.25, 0.3) is 21.6 Å². The average Bonchev–Trinajstić information content (AvgIpc) is 3.49. The SMILES string of the molecule is CCn1ncc2c(C(=O)ON3C(=O)c4ccccc4C3=O)cc(-c3cccs3)nc21. The Labute approximate surface area is 174 Å². The van der Waals surface area contributed by atoms with E-state index < -0.39 is 17.8 Å². The van der Waals surface area contributed by atoms with Gasteiger partial charge in [0.05, 0.1) is 38.8 Å². The van der Waals surface area contributed by atoms with Crippen LogP contribution in [0.4, 0.5) is 0 Å². The lowest BCUT2D eigenvalue weighted by Gasteiger charge is -2.13. The number of aryl methyl sites for hydroxylation is 1. The van der Waals surface area contributed by atoms with E-state index in [4.69, 9.17) is 4.84 Å². The van der Waals surface area contributed by atoms with E-state index >= 15 is 0 Å². The van der Waals surface area contributed by atoms with Crippen molar-refractivity contribution < 1.29 is 19.2 Å². The van der Waals surface area contributed by atoms with Crippen molar-refractivity contribution in [1.29, 1.82) is 0 Å². The Hall–Kier alpha value is -3.85. The molecule has 30 heavy (non-hydrogen) atoms. The van der Waals surface area contributed by atoms with Gasteiger partial charge in [0.1, 0.15) is 0 Å². The quantitative estimate of drug-likeness (QED) is 0.471. The van der Waals surface area contributed by atoms with Crippen LogP contribution in [0.5, 0.6) is 0 Å². The van der Waals surface area contributed by atoms with E-state index in [-0.39, 0.29) is 16.7 Å². The highest BCUT2D eigenvalue weighted by atomic mass is 32.1. The minimum atomic E-state index is -0.828. The average molecular weight is 418 g/mol. The number of amides is 2. The lowest BCUT2D eigenvalue weighted by Crippen LogP contribution is -2.32. The Balaban J connectivity index is 1.56. The van der Waals surface area contributed by atoms with Gasteiger partial charge in [-0.25, -0.2) is 14.5 Å². The van der Waals surface area contributed by atoms with Gasteiger partial charge < -0.3 is 4.84 Å². The van der Waals surface area contributed by atoms with Crippen LogP contribution in [-0.4, -0.2) is 37.6 Å². The van der Waals surface area contributed by atoms with Crippen LogP contribution >= 0.6 is 11.3 Å². The zero-order valence-electron chi connectivity index (χ0n) is 15.7. The summed E-state index contributed by atoms with van der Waals surface area (Å²) in [7, 11) is 0.